The largest absolute Gasteiger partial charge is 0.468 e. The molecule has 17 heavy (non-hydrogen) atoms. The maximum atomic E-state index is 11.7. The van der Waals surface area contributed by atoms with Gasteiger partial charge in [0.05, 0.1) is 14.2 Å². The van der Waals surface area contributed by atoms with Gasteiger partial charge < -0.3 is 9.47 Å². The van der Waals surface area contributed by atoms with Crippen molar-refractivity contribution in [3.63, 3.8) is 0 Å². The molecule has 1 aliphatic rings. The molecule has 0 N–H and O–H groups in total. The van der Waals surface area contributed by atoms with Gasteiger partial charge in [0.15, 0.2) is 5.92 Å². The predicted octanol–water partition coefficient (Wildman–Crippen LogP) is 1.86. The topological polar surface area (TPSA) is 52.6 Å². The maximum Gasteiger partial charge on any atom is 0.321 e. The minimum Gasteiger partial charge on any atom is -0.468 e. The zero-order valence-electron chi connectivity index (χ0n) is 10.3. The quantitative estimate of drug-likeness (QED) is 0.417. The fourth-order valence-electron chi connectivity index (χ4n) is 2.14. The van der Waals surface area contributed by atoms with Crippen molar-refractivity contribution in [1.29, 1.82) is 0 Å². The fraction of sp³-hybridized carbons (Fsp3) is 0.538. The summed E-state index contributed by atoms with van der Waals surface area (Å²) in [4.78, 5) is 23.3. The van der Waals surface area contributed by atoms with Crippen LogP contribution < -0.4 is 0 Å². The van der Waals surface area contributed by atoms with Crippen LogP contribution in [0.5, 0.6) is 0 Å². The molecule has 1 aliphatic carbocycles. The van der Waals surface area contributed by atoms with Crippen molar-refractivity contribution in [3.05, 3.63) is 24.3 Å². The molecule has 0 aromatic rings. The molecule has 0 saturated carbocycles. The Bertz CT molecular complexity index is 327. The average molecular weight is 238 g/mol. The third-order valence-corrected chi connectivity index (χ3v) is 3.03. The van der Waals surface area contributed by atoms with Gasteiger partial charge in [-0.1, -0.05) is 17.7 Å². The van der Waals surface area contributed by atoms with Gasteiger partial charge in [-0.2, -0.15) is 0 Å². The summed E-state index contributed by atoms with van der Waals surface area (Å²) >= 11 is 0. The molecule has 4 nitrogen and oxygen atoms in total. The summed E-state index contributed by atoms with van der Waals surface area (Å²) in [6.07, 6.45) is 6.60. The Morgan fingerprint density at radius 1 is 1.35 bits per heavy atom. The van der Waals surface area contributed by atoms with E-state index < -0.39 is 17.9 Å². The van der Waals surface area contributed by atoms with Gasteiger partial charge in [-0.3, -0.25) is 9.59 Å². The summed E-state index contributed by atoms with van der Waals surface area (Å²) in [7, 11) is 2.53. The molecular weight excluding hydrogens is 220 g/mol. The monoisotopic (exact) mass is 238 g/mol. The van der Waals surface area contributed by atoms with Gasteiger partial charge in [0.25, 0.3) is 0 Å². The van der Waals surface area contributed by atoms with E-state index in [-0.39, 0.29) is 5.92 Å². The zero-order chi connectivity index (χ0) is 12.8. The van der Waals surface area contributed by atoms with Gasteiger partial charge >= 0.3 is 11.9 Å². The van der Waals surface area contributed by atoms with Gasteiger partial charge in [0, 0.05) is 5.92 Å². The fourth-order valence-corrected chi connectivity index (χ4v) is 2.14. The van der Waals surface area contributed by atoms with Crippen molar-refractivity contribution >= 4 is 11.9 Å². The number of allylic oxidation sites excluding steroid dienone is 3. The SMILES string of the molecule is C=C[C@H](C1=CCCC1)C(C(=O)OC)C(=O)OC. The molecule has 1 atom stereocenters. The first-order valence-electron chi connectivity index (χ1n) is 5.62. The molecule has 0 saturated heterocycles. The number of hydrogen-bond acceptors (Lipinski definition) is 4. The highest BCUT2D eigenvalue weighted by Gasteiger charge is 2.37. The molecule has 0 aliphatic heterocycles. The van der Waals surface area contributed by atoms with Crippen LogP contribution in [0.1, 0.15) is 19.3 Å². The Morgan fingerprint density at radius 2 is 1.94 bits per heavy atom. The minimum atomic E-state index is -0.938. The number of methoxy groups -OCH3 is 2. The number of hydrogen-bond donors (Lipinski definition) is 0. The van der Waals surface area contributed by atoms with Crippen molar-refractivity contribution in [2.75, 3.05) is 14.2 Å². The molecule has 0 unspecified atom stereocenters. The van der Waals surface area contributed by atoms with Crippen LogP contribution in [0, 0.1) is 11.8 Å². The lowest BCUT2D eigenvalue weighted by Gasteiger charge is -2.21. The van der Waals surface area contributed by atoms with Crippen molar-refractivity contribution in [2.24, 2.45) is 11.8 Å². The Hall–Kier alpha value is -1.58. The van der Waals surface area contributed by atoms with Gasteiger partial charge in [0.2, 0.25) is 0 Å². The lowest BCUT2D eigenvalue weighted by Crippen LogP contribution is -2.33. The normalized spacial score (nSPS) is 16.3. The van der Waals surface area contributed by atoms with E-state index in [4.69, 9.17) is 0 Å². The van der Waals surface area contributed by atoms with E-state index in [9.17, 15) is 9.59 Å². The van der Waals surface area contributed by atoms with Crippen LogP contribution in [-0.2, 0) is 19.1 Å². The summed E-state index contributed by atoms with van der Waals surface area (Å²) in [5.41, 5.74) is 1.07. The molecule has 0 fully saturated rings. The highest BCUT2D eigenvalue weighted by atomic mass is 16.5. The summed E-state index contributed by atoms with van der Waals surface area (Å²) in [5.74, 6) is -2.41. The molecule has 4 heteroatoms. The Balaban J connectivity index is 2.97. The van der Waals surface area contributed by atoms with Crippen LogP contribution in [-0.4, -0.2) is 26.2 Å². The van der Waals surface area contributed by atoms with Gasteiger partial charge in [0.1, 0.15) is 0 Å². The minimum absolute atomic E-state index is 0.322. The molecule has 0 aromatic carbocycles. The average Bonchev–Trinajstić information content (AvgIpc) is 2.87. The molecule has 0 spiro atoms. The van der Waals surface area contributed by atoms with E-state index in [1.165, 1.54) is 14.2 Å². The van der Waals surface area contributed by atoms with E-state index in [0.29, 0.717) is 0 Å². The first kappa shape index (κ1) is 13.5. The van der Waals surface area contributed by atoms with Crippen molar-refractivity contribution in [3.8, 4) is 0 Å². The van der Waals surface area contributed by atoms with E-state index >= 15 is 0 Å². The summed E-state index contributed by atoms with van der Waals surface area (Å²) in [6.45, 7) is 3.70. The Morgan fingerprint density at radius 3 is 2.29 bits per heavy atom. The summed E-state index contributed by atoms with van der Waals surface area (Å²) in [6, 6.07) is 0. The van der Waals surface area contributed by atoms with Crippen LogP contribution in [0.15, 0.2) is 24.3 Å². The van der Waals surface area contributed by atoms with Crippen LogP contribution in [0.3, 0.4) is 0 Å². The molecule has 0 heterocycles. The van der Waals surface area contributed by atoms with Crippen molar-refractivity contribution in [2.45, 2.75) is 19.3 Å². The molecule has 94 valence electrons. The first-order chi connectivity index (χ1) is 8.15. The number of ether oxygens (including phenoxy) is 2. The molecule has 0 amide bonds. The van der Waals surface area contributed by atoms with Gasteiger partial charge in [-0.25, -0.2) is 0 Å². The van der Waals surface area contributed by atoms with Crippen LogP contribution in [0.4, 0.5) is 0 Å². The number of esters is 2. The Labute approximate surface area is 101 Å². The highest BCUT2D eigenvalue weighted by Crippen LogP contribution is 2.32. The number of carbonyl (C=O) groups is 2. The first-order valence-corrected chi connectivity index (χ1v) is 5.62. The lowest BCUT2D eigenvalue weighted by molar-refractivity contribution is -0.160. The third-order valence-electron chi connectivity index (χ3n) is 3.03. The molecular formula is C13H18O4. The predicted molar refractivity (Wildman–Crippen MR) is 63.1 cm³/mol. The molecule has 0 bridgehead atoms. The van der Waals surface area contributed by atoms with E-state index in [1.54, 1.807) is 6.08 Å². The number of rotatable bonds is 5. The molecule has 1 rings (SSSR count). The second kappa shape index (κ2) is 6.23. The second-order valence-corrected chi connectivity index (χ2v) is 3.96. The highest BCUT2D eigenvalue weighted by molar-refractivity contribution is 5.95. The van der Waals surface area contributed by atoms with E-state index in [2.05, 4.69) is 22.1 Å². The van der Waals surface area contributed by atoms with Crippen molar-refractivity contribution < 1.29 is 19.1 Å². The van der Waals surface area contributed by atoms with Gasteiger partial charge in [-0.05, 0) is 19.3 Å². The van der Waals surface area contributed by atoms with Gasteiger partial charge in [-0.15, -0.1) is 6.58 Å². The standard InChI is InChI=1S/C13H18O4/c1-4-10(9-7-5-6-8-9)11(12(14)16-2)13(15)17-3/h4,7,10-11H,1,5-6,8H2,2-3H3/t10-/m1/s1. The number of carbonyl (C=O) groups excluding carboxylic acids is 2. The van der Waals surface area contributed by atoms with Crippen LogP contribution >= 0.6 is 0 Å². The maximum absolute atomic E-state index is 11.7. The summed E-state index contributed by atoms with van der Waals surface area (Å²) < 4.78 is 9.33. The third kappa shape index (κ3) is 2.96. The smallest absolute Gasteiger partial charge is 0.321 e. The zero-order valence-corrected chi connectivity index (χ0v) is 10.3. The lowest BCUT2D eigenvalue weighted by atomic mass is 9.85. The van der Waals surface area contributed by atoms with Crippen molar-refractivity contribution in [1.82, 2.24) is 0 Å². The van der Waals surface area contributed by atoms with Crippen LogP contribution in [0.25, 0.3) is 0 Å². The van der Waals surface area contributed by atoms with E-state index in [1.807, 2.05) is 0 Å². The molecule has 0 aromatic heterocycles. The summed E-state index contributed by atoms with van der Waals surface area (Å²) in [5, 5.41) is 0. The molecule has 0 radical (unpaired) electrons. The second-order valence-electron chi connectivity index (χ2n) is 3.96. The van der Waals surface area contributed by atoms with E-state index in [0.717, 1.165) is 24.8 Å². The Kier molecular flexibility index (Phi) is 4.94. The van der Waals surface area contributed by atoms with Crippen LogP contribution in [0.2, 0.25) is 0 Å².